The predicted octanol–water partition coefficient (Wildman–Crippen LogP) is 1.24. The van der Waals surface area contributed by atoms with E-state index in [0.717, 1.165) is 36.3 Å². The highest BCUT2D eigenvalue weighted by atomic mass is 32.2. The van der Waals surface area contributed by atoms with Crippen LogP contribution in [0.25, 0.3) is 11.0 Å². The quantitative estimate of drug-likeness (QED) is 0.735. The van der Waals surface area contributed by atoms with Crippen LogP contribution in [0.2, 0.25) is 0 Å². The Morgan fingerprint density at radius 2 is 2.15 bits per heavy atom. The van der Waals surface area contributed by atoms with Gasteiger partial charge in [-0.1, -0.05) is 6.92 Å². The van der Waals surface area contributed by atoms with E-state index in [1.54, 1.807) is 17.8 Å². The summed E-state index contributed by atoms with van der Waals surface area (Å²) in [5.74, 6) is 1.42. The molecule has 0 amide bonds. The van der Waals surface area contributed by atoms with Crippen LogP contribution in [-0.2, 0) is 30.0 Å². The van der Waals surface area contributed by atoms with Gasteiger partial charge in [-0.2, -0.15) is 10.2 Å². The van der Waals surface area contributed by atoms with E-state index in [1.165, 1.54) is 6.20 Å². The van der Waals surface area contributed by atoms with Crippen LogP contribution in [0.5, 0.6) is 0 Å². The van der Waals surface area contributed by atoms with Gasteiger partial charge >= 0.3 is 0 Å². The smallest absolute Gasteiger partial charge is 0.242 e. The van der Waals surface area contributed by atoms with Crippen molar-refractivity contribution in [3.05, 3.63) is 29.6 Å². The minimum absolute atomic E-state index is 0.133. The maximum Gasteiger partial charge on any atom is 0.242 e. The van der Waals surface area contributed by atoms with E-state index < -0.39 is 10.0 Å². The van der Waals surface area contributed by atoms with Crippen LogP contribution in [0, 0.1) is 6.92 Å². The summed E-state index contributed by atoms with van der Waals surface area (Å²) in [4.78, 5) is 8.90. The van der Waals surface area contributed by atoms with Crippen LogP contribution in [0.3, 0.4) is 0 Å². The summed E-state index contributed by atoms with van der Waals surface area (Å²) in [7, 11) is -1.94. The van der Waals surface area contributed by atoms with Crippen molar-refractivity contribution in [1.82, 2.24) is 34.3 Å². The summed E-state index contributed by atoms with van der Waals surface area (Å²) in [6.45, 7) is 4.59. The summed E-state index contributed by atoms with van der Waals surface area (Å²) in [6, 6.07) is 1.24. The molecule has 1 atom stereocenters. The zero-order valence-corrected chi connectivity index (χ0v) is 15.8. The Balaban J connectivity index is 1.68. The molecule has 10 heteroatoms. The molecule has 4 rings (SSSR count). The lowest BCUT2D eigenvalue weighted by molar-refractivity contribution is 0.399. The number of fused-ring (bicyclic) bond motifs is 2. The Morgan fingerprint density at radius 1 is 1.35 bits per heavy atom. The fourth-order valence-corrected chi connectivity index (χ4v) is 4.55. The van der Waals surface area contributed by atoms with Crippen molar-refractivity contribution < 1.29 is 8.42 Å². The van der Waals surface area contributed by atoms with Crippen molar-refractivity contribution in [2.75, 3.05) is 0 Å². The second-order valence-corrected chi connectivity index (χ2v) is 8.24. The molecule has 0 bridgehead atoms. The van der Waals surface area contributed by atoms with Gasteiger partial charge in [-0.3, -0.25) is 4.68 Å². The van der Waals surface area contributed by atoms with Crippen molar-refractivity contribution in [1.29, 1.82) is 0 Å². The van der Waals surface area contributed by atoms with Crippen molar-refractivity contribution in [2.45, 2.75) is 50.6 Å². The third-order valence-corrected chi connectivity index (χ3v) is 6.12. The maximum absolute atomic E-state index is 12.9. The van der Waals surface area contributed by atoms with E-state index in [-0.39, 0.29) is 10.9 Å². The average molecular weight is 375 g/mol. The Labute approximate surface area is 151 Å². The van der Waals surface area contributed by atoms with Crippen LogP contribution < -0.4 is 4.72 Å². The number of nitrogens with one attached hydrogen (secondary N) is 1. The topological polar surface area (TPSA) is 108 Å². The van der Waals surface area contributed by atoms with Gasteiger partial charge in [0.25, 0.3) is 0 Å². The number of rotatable bonds is 4. The molecule has 0 spiro atoms. The molecular weight excluding hydrogens is 354 g/mol. The first-order valence-electron chi connectivity index (χ1n) is 8.64. The Kier molecular flexibility index (Phi) is 4.03. The van der Waals surface area contributed by atoms with Gasteiger partial charge in [-0.15, -0.1) is 0 Å². The second-order valence-electron chi connectivity index (χ2n) is 6.53. The first kappa shape index (κ1) is 17.1. The molecule has 0 saturated heterocycles. The molecule has 9 nitrogen and oxygen atoms in total. The van der Waals surface area contributed by atoms with Gasteiger partial charge in [0.15, 0.2) is 11.5 Å². The predicted molar refractivity (Wildman–Crippen MR) is 94.9 cm³/mol. The SMILES string of the molecule is CCc1nc2n(n1)CCCC2NS(=O)(=O)c1cnc2c(c1)c(C)nn2C. The van der Waals surface area contributed by atoms with E-state index in [4.69, 9.17) is 0 Å². The number of hydrogen-bond donors (Lipinski definition) is 1. The molecule has 3 aromatic rings. The highest BCUT2D eigenvalue weighted by Gasteiger charge is 2.29. The van der Waals surface area contributed by atoms with Crippen molar-refractivity contribution in [3.63, 3.8) is 0 Å². The molecule has 0 aromatic carbocycles. The number of nitrogens with zero attached hydrogens (tertiary/aromatic N) is 6. The van der Waals surface area contributed by atoms with Crippen LogP contribution in [-0.4, -0.2) is 37.9 Å². The number of aryl methyl sites for hydroxylation is 4. The van der Waals surface area contributed by atoms with E-state index in [0.29, 0.717) is 17.9 Å². The standard InChI is InChI=1S/C16H21N7O2S/c1-4-14-18-16-13(6-5-7-23(16)20-14)21-26(24,25)11-8-12-10(2)19-22(3)15(12)17-9-11/h8-9,13,21H,4-7H2,1-3H3. The molecule has 26 heavy (non-hydrogen) atoms. The zero-order chi connectivity index (χ0) is 18.5. The van der Waals surface area contributed by atoms with Crippen molar-refractivity contribution in [3.8, 4) is 0 Å². The molecule has 1 N–H and O–H groups in total. The first-order valence-corrected chi connectivity index (χ1v) is 10.1. The number of sulfonamides is 1. The van der Waals surface area contributed by atoms with Gasteiger partial charge in [0.2, 0.25) is 10.0 Å². The molecule has 0 aliphatic carbocycles. The van der Waals surface area contributed by atoms with Crippen LogP contribution in [0.15, 0.2) is 17.2 Å². The molecule has 0 saturated carbocycles. The van der Waals surface area contributed by atoms with Gasteiger partial charge in [0, 0.05) is 31.6 Å². The molecule has 0 fully saturated rings. The van der Waals surface area contributed by atoms with E-state index in [2.05, 4.69) is 24.9 Å². The third kappa shape index (κ3) is 2.78. The number of pyridine rings is 1. The Hall–Kier alpha value is -2.33. The monoisotopic (exact) mass is 375 g/mol. The van der Waals surface area contributed by atoms with Crippen LogP contribution >= 0.6 is 0 Å². The first-order chi connectivity index (χ1) is 12.4. The van der Waals surface area contributed by atoms with E-state index in [9.17, 15) is 8.42 Å². The summed E-state index contributed by atoms with van der Waals surface area (Å²) >= 11 is 0. The third-order valence-electron chi connectivity index (χ3n) is 4.68. The van der Waals surface area contributed by atoms with Gasteiger partial charge in [-0.25, -0.2) is 27.8 Å². The highest BCUT2D eigenvalue weighted by molar-refractivity contribution is 7.89. The fourth-order valence-electron chi connectivity index (χ4n) is 3.35. The lowest BCUT2D eigenvalue weighted by Gasteiger charge is -2.22. The fraction of sp³-hybridized carbons (Fsp3) is 0.500. The summed E-state index contributed by atoms with van der Waals surface area (Å²) < 4.78 is 32.1. The lowest BCUT2D eigenvalue weighted by Crippen LogP contribution is -2.33. The van der Waals surface area contributed by atoms with E-state index in [1.807, 2.05) is 18.5 Å². The van der Waals surface area contributed by atoms with Crippen molar-refractivity contribution >= 4 is 21.1 Å². The number of hydrogen-bond acceptors (Lipinski definition) is 6. The normalized spacial score (nSPS) is 17.6. The molecule has 0 radical (unpaired) electrons. The van der Waals surface area contributed by atoms with Gasteiger partial charge in [-0.05, 0) is 25.8 Å². The molecule has 4 heterocycles. The molecule has 138 valence electrons. The highest BCUT2D eigenvalue weighted by Crippen LogP contribution is 2.26. The van der Waals surface area contributed by atoms with Gasteiger partial charge in [0.05, 0.1) is 11.7 Å². The minimum Gasteiger partial charge on any atom is -0.250 e. The Bertz CT molecular complexity index is 1080. The van der Waals surface area contributed by atoms with Gasteiger partial charge in [0.1, 0.15) is 10.7 Å². The average Bonchev–Trinajstić information content (AvgIpc) is 3.16. The van der Waals surface area contributed by atoms with E-state index >= 15 is 0 Å². The summed E-state index contributed by atoms with van der Waals surface area (Å²) in [5, 5.41) is 9.45. The largest absolute Gasteiger partial charge is 0.250 e. The summed E-state index contributed by atoms with van der Waals surface area (Å²) in [5.41, 5.74) is 1.41. The van der Waals surface area contributed by atoms with Crippen LogP contribution in [0.4, 0.5) is 0 Å². The van der Waals surface area contributed by atoms with Crippen LogP contribution in [0.1, 0.15) is 43.1 Å². The van der Waals surface area contributed by atoms with Gasteiger partial charge < -0.3 is 0 Å². The number of aromatic nitrogens is 6. The molecule has 3 aromatic heterocycles. The molecule has 1 unspecified atom stereocenters. The van der Waals surface area contributed by atoms with Crippen molar-refractivity contribution in [2.24, 2.45) is 7.05 Å². The lowest BCUT2D eigenvalue weighted by atomic mass is 10.1. The maximum atomic E-state index is 12.9. The minimum atomic E-state index is -3.73. The second kappa shape index (κ2) is 6.13. The molecular formula is C16H21N7O2S. The molecule has 1 aliphatic heterocycles. The molecule has 1 aliphatic rings. The summed E-state index contributed by atoms with van der Waals surface area (Å²) in [6.07, 6.45) is 3.64. The zero-order valence-electron chi connectivity index (χ0n) is 15.0. The Morgan fingerprint density at radius 3 is 2.92 bits per heavy atom.